The van der Waals surface area contributed by atoms with Crippen molar-refractivity contribution in [2.45, 2.75) is 13.3 Å². The Bertz CT molecular complexity index is 479. The number of carbonyl (C=O) groups excluding carboxylic acids is 2. The first-order valence-electron chi connectivity index (χ1n) is 5.37. The molecule has 2 fully saturated rings. The van der Waals surface area contributed by atoms with Gasteiger partial charge in [0, 0.05) is 11.0 Å². The fourth-order valence-electron chi connectivity index (χ4n) is 2.66. The smallest absolute Gasteiger partial charge is 0.320 e. The molecule has 1 saturated carbocycles. The number of ketones is 1. The molecular formula is C13H12O3. The zero-order valence-corrected chi connectivity index (χ0v) is 9.03. The molecule has 0 amide bonds. The second-order valence-corrected chi connectivity index (χ2v) is 4.91. The number of benzene rings is 1. The van der Waals surface area contributed by atoms with E-state index in [1.54, 1.807) is 12.1 Å². The minimum absolute atomic E-state index is 0.0851. The minimum Gasteiger partial charge on any atom is -0.464 e. The Labute approximate surface area is 93.4 Å². The van der Waals surface area contributed by atoms with Crippen molar-refractivity contribution in [1.82, 2.24) is 0 Å². The summed E-state index contributed by atoms with van der Waals surface area (Å²) in [6.45, 7) is 2.32. The third-order valence-corrected chi connectivity index (χ3v) is 3.85. The molecule has 1 aliphatic heterocycles. The van der Waals surface area contributed by atoms with Crippen LogP contribution in [0, 0.1) is 10.8 Å². The van der Waals surface area contributed by atoms with E-state index in [0.717, 1.165) is 0 Å². The summed E-state index contributed by atoms with van der Waals surface area (Å²) >= 11 is 0. The predicted molar refractivity (Wildman–Crippen MR) is 56.9 cm³/mol. The van der Waals surface area contributed by atoms with Crippen LogP contribution in [-0.2, 0) is 9.53 Å². The topological polar surface area (TPSA) is 43.4 Å². The van der Waals surface area contributed by atoms with Crippen molar-refractivity contribution in [3.05, 3.63) is 35.9 Å². The highest BCUT2D eigenvalue weighted by Crippen LogP contribution is 2.69. The summed E-state index contributed by atoms with van der Waals surface area (Å²) in [7, 11) is 0. The lowest BCUT2D eigenvalue weighted by Crippen LogP contribution is -2.26. The third kappa shape index (κ3) is 0.932. The maximum absolute atomic E-state index is 12.3. The first-order chi connectivity index (χ1) is 7.60. The zero-order valence-electron chi connectivity index (χ0n) is 9.03. The van der Waals surface area contributed by atoms with Gasteiger partial charge in [-0.25, -0.2) is 0 Å². The first kappa shape index (κ1) is 9.58. The van der Waals surface area contributed by atoms with Crippen LogP contribution in [0.4, 0.5) is 0 Å². The molecule has 1 aromatic rings. The predicted octanol–water partition coefficient (Wildman–Crippen LogP) is 1.82. The summed E-state index contributed by atoms with van der Waals surface area (Å²) in [6, 6.07) is 8.98. The van der Waals surface area contributed by atoms with Gasteiger partial charge in [0.2, 0.25) is 0 Å². The molecule has 3 rings (SSSR count). The van der Waals surface area contributed by atoms with Gasteiger partial charge in [-0.15, -0.1) is 0 Å². The number of ether oxygens (including phenoxy) is 1. The Hall–Kier alpha value is -1.64. The van der Waals surface area contributed by atoms with Crippen LogP contribution in [0.1, 0.15) is 23.7 Å². The Balaban J connectivity index is 2.01. The molecule has 3 nitrogen and oxygen atoms in total. The quantitative estimate of drug-likeness (QED) is 0.430. The first-order valence-corrected chi connectivity index (χ1v) is 5.37. The molecular weight excluding hydrogens is 204 g/mol. The van der Waals surface area contributed by atoms with Gasteiger partial charge in [-0.3, -0.25) is 9.59 Å². The molecule has 82 valence electrons. The molecule has 2 atom stereocenters. The molecule has 1 saturated heterocycles. The Morgan fingerprint density at radius 1 is 1.31 bits per heavy atom. The van der Waals surface area contributed by atoms with Crippen LogP contribution in [0.5, 0.6) is 0 Å². The SMILES string of the molecule is CC12COC(=O)C1(C(=O)c1ccccc1)C2. The summed E-state index contributed by atoms with van der Waals surface area (Å²) in [6.07, 6.45) is 0.632. The number of rotatable bonds is 2. The molecule has 0 N–H and O–H groups in total. The van der Waals surface area contributed by atoms with E-state index in [1.165, 1.54) is 0 Å². The van der Waals surface area contributed by atoms with Gasteiger partial charge in [-0.1, -0.05) is 37.3 Å². The van der Waals surface area contributed by atoms with Crippen LogP contribution in [0.2, 0.25) is 0 Å². The zero-order chi connectivity index (χ0) is 11.4. The number of cyclic esters (lactones) is 1. The third-order valence-electron chi connectivity index (χ3n) is 3.85. The highest BCUT2D eigenvalue weighted by molar-refractivity contribution is 6.17. The van der Waals surface area contributed by atoms with Gasteiger partial charge in [-0.2, -0.15) is 0 Å². The van der Waals surface area contributed by atoms with Crippen molar-refractivity contribution in [3.63, 3.8) is 0 Å². The van der Waals surface area contributed by atoms with E-state index in [0.29, 0.717) is 18.6 Å². The Morgan fingerprint density at radius 3 is 2.50 bits per heavy atom. The Morgan fingerprint density at radius 2 is 2.00 bits per heavy atom. The molecule has 2 unspecified atom stereocenters. The van der Waals surface area contributed by atoms with Crippen molar-refractivity contribution in [1.29, 1.82) is 0 Å². The normalized spacial score (nSPS) is 35.4. The van der Waals surface area contributed by atoms with Gasteiger partial charge in [0.15, 0.2) is 5.78 Å². The summed E-state index contributed by atoms with van der Waals surface area (Å²) in [5.74, 6) is -0.429. The average molecular weight is 216 g/mol. The van der Waals surface area contributed by atoms with Gasteiger partial charge >= 0.3 is 5.97 Å². The van der Waals surface area contributed by atoms with E-state index in [9.17, 15) is 9.59 Å². The lowest BCUT2D eigenvalue weighted by Gasteiger charge is -2.09. The van der Waals surface area contributed by atoms with Crippen molar-refractivity contribution >= 4 is 11.8 Å². The van der Waals surface area contributed by atoms with E-state index in [2.05, 4.69) is 0 Å². The lowest BCUT2D eigenvalue weighted by atomic mass is 9.89. The lowest BCUT2D eigenvalue weighted by molar-refractivity contribution is -0.143. The van der Waals surface area contributed by atoms with Crippen molar-refractivity contribution in [2.75, 3.05) is 6.61 Å². The molecule has 3 heteroatoms. The van der Waals surface area contributed by atoms with Crippen molar-refractivity contribution in [3.8, 4) is 0 Å². The molecule has 0 radical (unpaired) electrons. The molecule has 1 aromatic carbocycles. The van der Waals surface area contributed by atoms with Crippen molar-refractivity contribution in [2.24, 2.45) is 10.8 Å². The monoisotopic (exact) mass is 216 g/mol. The summed E-state index contributed by atoms with van der Waals surface area (Å²) in [5, 5.41) is 0. The molecule has 0 spiro atoms. The Kier molecular flexibility index (Phi) is 1.63. The van der Waals surface area contributed by atoms with Crippen LogP contribution < -0.4 is 0 Å². The van der Waals surface area contributed by atoms with Crippen LogP contribution in [0.25, 0.3) is 0 Å². The highest BCUT2D eigenvalue weighted by atomic mass is 16.5. The second kappa shape index (κ2) is 2.73. The number of carbonyl (C=O) groups is 2. The molecule has 1 aliphatic carbocycles. The fourth-order valence-corrected chi connectivity index (χ4v) is 2.66. The molecule has 0 bridgehead atoms. The standard InChI is InChI=1S/C13H12O3/c1-12-7-13(12,11(15)16-8-12)10(14)9-5-3-2-4-6-9/h2-6H,7-8H2,1H3. The van der Waals surface area contributed by atoms with Gasteiger partial charge < -0.3 is 4.74 Å². The van der Waals surface area contributed by atoms with E-state index < -0.39 is 5.41 Å². The van der Waals surface area contributed by atoms with Gasteiger partial charge in [0.05, 0.1) is 6.61 Å². The number of fused-ring (bicyclic) bond motifs is 1. The molecule has 16 heavy (non-hydrogen) atoms. The number of hydrogen-bond donors (Lipinski definition) is 0. The maximum atomic E-state index is 12.3. The number of hydrogen-bond acceptors (Lipinski definition) is 3. The molecule has 1 heterocycles. The van der Waals surface area contributed by atoms with Gasteiger partial charge in [0.1, 0.15) is 5.41 Å². The number of esters is 1. The van der Waals surface area contributed by atoms with Crippen LogP contribution in [0.15, 0.2) is 30.3 Å². The summed E-state index contributed by atoms with van der Waals surface area (Å²) < 4.78 is 5.00. The van der Waals surface area contributed by atoms with Gasteiger partial charge in [0.25, 0.3) is 0 Å². The second-order valence-electron chi connectivity index (χ2n) is 4.91. The molecule has 0 aromatic heterocycles. The van der Waals surface area contributed by atoms with Crippen molar-refractivity contribution < 1.29 is 14.3 Å². The number of Topliss-reactive ketones (excluding diaryl/α,β-unsaturated/α-hetero) is 1. The summed E-state index contributed by atoms with van der Waals surface area (Å²) in [5.41, 5.74) is -0.546. The highest BCUT2D eigenvalue weighted by Gasteiger charge is 2.78. The minimum atomic E-state index is -0.881. The van der Waals surface area contributed by atoms with E-state index in [4.69, 9.17) is 4.74 Å². The van der Waals surface area contributed by atoms with Crippen LogP contribution in [0.3, 0.4) is 0 Å². The summed E-state index contributed by atoms with van der Waals surface area (Å²) in [4.78, 5) is 24.0. The maximum Gasteiger partial charge on any atom is 0.320 e. The van der Waals surface area contributed by atoms with E-state index in [1.807, 2.05) is 25.1 Å². The van der Waals surface area contributed by atoms with E-state index in [-0.39, 0.29) is 17.2 Å². The fraction of sp³-hybridized carbons (Fsp3) is 0.385. The van der Waals surface area contributed by atoms with Crippen LogP contribution in [-0.4, -0.2) is 18.4 Å². The van der Waals surface area contributed by atoms with E-state index >= 15 is 0 Å². The van der Waals surface area contributed by atoms with Gasteiger partial charge in [-0.05, 0) is 6.42 Å². The largest absolute Gasteiger partial charge is 0.464 e. The average Bonchev–Trinajstić information content (AvgIpc) is 2.87. The van der Waals surface area contributed by atoms with Crippen LogP contribution >= 0.6 is 0 Å². The molecule has 2 aliphatic rings.